The van der Waals surface area contributed by atoms with Crippen LogP contribution in [0.2, 0.25) is 10.0 Å². The number of hydrogen-bond acceptors (Lipinski definition) is 5. The summed E-state index contributed by atoms with van der Waals surface area (Å²) in [6.07, 6.45) is 3.02. The number of ether oxygens (including phenoxy) is 1. The molecule has 2 aromatic heterocycles. The molecule has 8 heteroatoms. The summed E-state index contributed by atoms with van der Waals surface area (Å²) < 4.78 is 7.13. The monoisotopic (exact) mass is 460 g/mol. The second kappa shape index (κ2) is 9.47. The number of nitrogens with zero attached hydrogens (tertiary/aromatic N) is 4. The van der Waals surface area contributed by atoms with Crippen molar-refractivity contribution in [2.45, 2.75) is 32.4 Å². The van der Waals surface area contributed by atoms with Gasteiger partial charge in [0.15, 0.2) is 0 Å². The lowest BCUT2D eigenvalue weighted by atomic mass is 9.91. The Morgan fingerprint density at radius 3 is 2.65 bits per heavy atom. The average molecular weight is 461 g/mol. The summed E-state index contributed by atoms with van der Waals surface area (Å²) in [5, 5.41) is 16.7. The van der Waals surface area contributed by atoms with Gasteiger partial charge in [0, 0.05) is 31.0 Å². The van der Waals surface area contributed by atoms with E-state index in [1.54, 1.807) is 18.0 Å². The first-order valence-corrected chi connectivity index (χ1v) is 11.1. The van der Waals surface area contributed by atoms with Gasteiger partial charge in [-0.25, -0.2) is 0 Å². The SMILES string of the molecule is COc1cc(N2CCC(C(O)Cn3nc(-c4ccccn4)c(Cl)c3C)CC2)ccc1Cl. The Morgan fingerprint density at radius 2 is 1.97 bits per heavy atom. The minimum atomic E-state index is -0.492. The van der Waals surface area contributed by atoms with E-state index in [9.17, 15) is 5.11 Å². The van der Waals surface area contributed by atoms with Gasteiger partial charge < -0.3 is 14.7 Å². The number of halogens is 2. The van der Waals surface area contributed by atoms with Crippen LogP contribution in [0.1, 0.15) is 18.5 Å². The van der Waals surface area contributed by atoms with Crippen LogP contribution in [0, 0.1) is 12.8 Å². The number of hydrogen-bond donors (Lipinski definition) is 1. The summed E-state index contributed by atoms with van der Waals surface area (Å²) in [4.78, 5) is 6.65. The molecule has 0 spiro atoms. The molecule has 1 fully saturated rings. The van der Waals surface area contributed by atoms with E-state index >= 15 is 0 Å². The first-order valence-electron chi connectivity index (χ1n) is 10.4. The second-order valence-electron chi connectivity index (χ2n) is 7.86. The van der Waals surface area contributed by atoms with Crippen molar-refractivity contribution >= 4 is 28.9 Å². The van der Waals surface area contributed by atoms with Gasteiger partial charge in [-0.15, -0.1) is 0 Å². The normalized spacial score (nSPS) is 15.8. The van der Waals surface area contributed by atoms with Crippen LogP contribution in [-0.4, -0.2) is 46.2 Å². The molecule has 6 nitrogen and oxygen atoms in total. The molecular weight excluding hydrogens is 435 g/mol. The summed E-state index contributed by atoms with van der Waals surface area (Å²) in [5.74, 6) is 0.877. The van der Waals surface area contributed by atoms with Crippen LogP contribution in [0.15, 0.2) is 42.6 Å². The highest BCUT2D eigenvalue weighted by molar-refractivity contribution is 6.33. The molecule has 3 aromatic rings. The van der Waals surface area contributed by atoms with Crippen LogP contribution in [-0.2, 0) is 6.54 Å². The molecule has 0 saturated carbocycles. The Kier molecular flexibility index (Phi) is 6.70. The van der Waals surface area contributed by atoms with Gasteiger partial charge in [0.1, 0.15) is 11.4 Å². The molecule has 0 bridgehead atoms. The van der Waals surface area contributed by atoms with E-state index in [1.165, 1.54) is 0 Å². The molecule has 1 aliphatic heterocycles. The van der Waals surface area contributed by atoms with Crippen LogP contribution in [0.4, 0.5) is 5.69 Å². The molecule has 0 aliphatic carbocycles. The third-order valence-corrected chi connectivity index (χ3v) is 6.75. The highest BCUT2D eigenvalue weighted by Crippen LogP contribution is 2.33. The lowest BCUT2D eigenvalue weighted by Crippen LogP contribution is -2.39. The molecule has 0 amide bonds. The van der Waals surface area contributed by atoms with Gasteiger partial charge in [0.25, 0.3) is 0 Å². The van der Waals surface area contributed by atoms with Crippen molar-refractivity contribution in [2.24, 2.45) is 5.92 Å². The number of pyridine rings is 1. The van der Waals surface area contributed by atoms with Crippen molar-refractivity contribution in [2.75, 3.05) is 25.1 Å². The second-order valence-corrected chi connectivity index (χ2v) is 8.64. The number of aliphatic hydroxyl groups is 1. The van der Waals surface area contributed by atoms with Gasteiger partial charge in [-0.3, -0.25) is 9.67 Å². The van der Waals surface area contributed by atoms with Crippen molar-refractivity contribution in [1.29, 1.82) is 0 Å². The largest absolute Gasteiger partial charge is 0.495 e. The standard InChI is InChI=1S/C23H26Cl2N4O2/c1-15-22(25)23(19-5-3-4-10-26-19)27-29(15)14-20(30)16-8-11-28(12-9-16)17-6-7-18(24)21(13-17)31-2/h3-7,10,13,16,20,30H,8-9,11-12,14H2,1-2H3. The Bertz CT molecular complexity index is 1030. The molecule has 1 saturated heterocycles. The number of methoxy groups -OCH3 is 1. The number of piperidine rings is 1. The highest BCUT2D eigenvalue weighted by Gasteiger charge is 2.27. The maximum absolute atomic E-state index is 10.9. The van der Waals surface area contributed by atoms with E-state index in [4.69, 9.17) is 27.9 Å². The van der Waals surface area contributed by atoms with Crippen LogP contribution in [0.3, 0.4) is 0 Å². The van der Waals surface area contributed by atoms with Crippen LogP contribution >= 0.6 is 23.2 Å². The van der Waals surface area contributed by atoms with E-state index < -0.39 is 6.10 Å². The predicted octanol–water partition coefficient (Wildman–Crippen LogP) is 4.85. The predicted molar refractivity (Wildman–Crippen MR) is 124 cm³/mol. The van der Waals surface area contributed by atoms with Gasteiger partial charge in [-0.1, -0.05) is 29.3 Å². The maximum Gasteiger partial charge on any atom is 0.139 e. The average Bonchev–Trinajstić information content (AvgIpc) is 3.08. The molecule has 31 heavy (non-hydrogen) atoms. The maximum atomic E-state index is 10.9. The van der Waals surface area contributed by atoms with Crippen molar-refractivity contribution < 1.29 is 9.84 Å². The summed E-state index contributed by atoms with van der Waals surface area (Å²) >= 11 is 12.7. The van der Waals surface area contributed by atoms with Gasteiger partial charge in [-0.05, 0) is 49.9 Å². The zero-order chi connectivity index (χ0) is 22.0. The van der Waals surface area contributed by atoms with Gasteiger partial charge in [0.05, 0.1) is 41.2 Å². The molecule has 4 rings (SSSR count). The number of benzene rings is 1. The van der Waals surface area contributed by atoms with E-state index in [0.717, 1.165) is 43.0 Å². The zero-order valence-electron chi connectivity index (χ0n) is 17.6. The fourth-order valence-corrected chi connectivity index (χ4v) is 4.51. The first-order chi connectivity index (χ1) is 15.0. The molecule has 1 aromatic carbocycles. The third-order valence-electron chi connectivity index (χ3n) is 5.98. The fraction of sp³-hybridized carbons (Fsp3) is 0.391. The molecule has 1 N–H and O–H groups in total. The Labute approximate surface area is 192 Å². The minimum Gasteiger partial charge on any atom is -0.495 e. The van der Waals surface area contributed by atoms with Crippen LogP contribution in [0.5, 0.6) is 5.75 Å². The topological polar surface area (TPSA) is 63.4 Å². The van der Waals surface area contributed by atoms with E-state index in [1.807, 2.05) is 43.3 Å². The summed E-state index contributed by atoms with van der Waals surface area (Å²) in [7, 11) is 1.62. The summed E-state index contributed by atoms with van der Waals surface area (Å²) in [6, 6.07) is 11.5. The fourth-order valence-electron chi connectivity index (χ4n) is 4.08. The molecule has 3 heterocycles. The quantitative estimate of drug-likeness (QED) is 0.569. The van der Waals surface area contributed by atoms with Crippen molar-refractivity contribution in [3.63, 3.8) is 0 Å². The smallest absolute Gasteiger partial charge is 0.139 e. The molecule has 1 unspecified atom stereocenters. The lowest BCUT2D eigenvalue weighted by molar-refractivity contribution is 0.0729. The zero-order valence-corrected chi connectivity index (χ0v) is 19.1. The Hall–Kier alpha value is -2.28. The molecule has 0 radical (unpaired) electrons. The molecule has 1 aliphatic rings. The minimum absolute atomic E-state index is 0.200. The van der Waals surface area contributed by atoms with Crippen molar-refractivity contribution in [3.05, 3.63) is 58.3 Å². The summed E-state index contributed by atoms with van der Waals surface area (Å²) in [5.41, 5.74) is 3.31. The van der Waals surface area contributed by atoms with Crippen molar-refractivity contribution in [1.82, 2.24) is 14.8 Å². The summed E-state index contributed by atoms with van der Waals surface area (Å²) in [6.45, 7) is 4.07. The molecular formula is C23H26Cl2N4O2. The van der Waals surface area contributed by atoms with Gasteiger partial charge in [0.2, 0.25) is 0 Å². The number of anilines is 1. The van der Waals surface area contributed by atoms with Crippen molar-refractivity contribution in [3.8, 4) is 17.1 Å². The number of aliphatic hydroxyl groups excluding tert-OH is 1. The number of aromatic nitrogens is 3. The highest BCUT2D eigenvalue weighted by atomic mass is 35.5. The first kappa shape index (κ1) is 21.9. The number of rotatable bonds is 6. The van der Waals surface area contributed by atoms with E-state index in [2.05, 4.69) is 15.0 Å². The third kappa shape index (κ3) is 4.66. The van der Waals surface area contributed by atoms with E-state index in [-0.39, 0.29) is 5.92 Å². The van der Waals surface area contributed by atoms with Crippen LogP contribution in [0.25, 0.3) is 11.4 Å². The molecule has 164 valence electrons. The van der Waals surface area contributed by atoms with Crippen LogP contribution < -0.4 is 9.64 Å². The Balaban J connectivity index is 1.40. The molecule has 1 atom stereocenters. The van der Waals surface area contributed by atoms with Gasteiger partial charge >= 0.3 is 0 Å². The Morgan fingerprint density at radius 1 is 1.19 bits per heavy atom. The van der Waals surface area contributed by atoms with Gasteiger partial charge in [-0.2, -0.15) is 5.10 Å². The lowest BCUT2D eigenvalue weighted by Gasteiger charge is -2.35. The van der Waals surface area contributed by atoms with E-state index in [0.29, 0.717) is 28.0 Å².